The van der Waals surface area contributed by atoms with E-state index < -0.39 is 724 Å². The second-order valence-electron chi connectivity index (χ2n) is 26.5. The molecular formula is C124H80. The predicted octanol–water partition coefficient (Wildman–Crippen LogP) is 35.1. The van der Waals surface area contributed by atoms with E-state index in [1.807, 2.05) is 0 Å². The van der Waals surface area contributed by atoms with Gasteiger partial charge in [-0.15, -0.1) is 0 Å². The molecule has 0 aliphatic heterocycles. The van der Waals surface area contributed by atoms with Crippen LogP contribution < -0.4 is 0 Å². The van der Waals surface area contributed by atoms with Gasteiger partial charge in [0.2, 0.25) is 0 Å². The molecule has 0 atom stereocenters. The lowest BCUT2D eigenvalue weighted by Crippen LogP contribution is -1.93. The molecular weight excluding hydrogens is 1490 g/mol. The molecule has 0 fully saturated rings. The van der Waals surface area contributed by atoms with Crippen molar-refractivity contribution in [2.45, 2.75) is 0 Å². The molecule has 0 bridgehead atoms. The normalized spacial score (nSPS) is 20.6. The van der Waals surface area contributed by atoms with E-state index in [-0.39, 0.29) is 0 Å². The van der Waals surface area contributed by atoms with Crippen LogP contribution >= 0.6 is 0 Å². The van der Waals surface area contributed by atoms with Gasteiger partial charge in [-0.1, -0.05) is 447 Å². The molecule has 576 valence electrons. The third-order valence-electron chi connectivity index (χ3n) is 19.9. The maximum Gasteiger partial charge on any atom is 0.0636 e. The van der Waals surface area contributed by atoms with Crippen molar-refractivity contribution in [1.82, 2.24) is 0 Å². The molecule has 0 nitrogen and oxygen atoms in total. The summed E-state index contributed by atoms with van der Waals surface area (Å²) in [7, 11) is 0. The fourth-order valence-electron chi connectivity index (χ4n) is 14.9. The van der Waals surface area contributed by atoms with Crippen LogP contribution in [0.15, 0.2) is 483 Å². The third-order valence-corrected chi connectivity index (χ3v) is 19.9. The molecule has 0 aliphatic carbocycles. The molecule has 25 rings (SSSR count). The van der Waals surface area contributed by atoms with Crippen molar-refractivity contribution in [3.05, 3.63) is 483 Å². The lowest BCUT2D eigenvalue weighted by atomic mass is 9.83. The van der Waals surface area contributed by atoms with Crippen molar-refractivity contribution in [2.75, 3.05) is 0 Å². The van der Waals surface area contributed by atoms with Crippen molar-refractivity contribution >= 4 is 140 Å². The Morgan fingerprint density at radius 2 is 0.315 bits per heavy atom. The van der Waals surface area contributed by atoms with Gasteiger partial charge in [-0.25, -0.2) is 0 Å². The molecule has 25 aromatic carbocycles. The van der Waals surface area contributed by atoms with Crippen molar-refractivity contribution in [2.24, 2.45) is 0 Å². The topological polar surface area (TPSA) is 0 Å². The number of hydrogen-bond donors (Lipinski definition) is 0. The Morgan fingerprint density at radius 1 is 0.0968 bits per heavy atom. The summed E-state index contributed by atoms with van der Waals surface area (Å²) >= 11 is 0. The first-order chi connectivity index (χ1) is 94.9. The van der Waals surface area contributed by atoms with Crippen molar-refractivity contribution in [3.63, 3.8) is 0 Å². The molecule has 0 radical (unpaired) electrons. The Morgan fingerprint density at radius 3 is 0.669 bits per heavy atom. The van der Waals surface area contributed by atoms with E-state index >= 15 is 0 Å². The van der Waals surface area contributed by atoms with E-state index in [9.17, 15) is 32.9 Å². The van der Waals surface area contributed by atoms with Crippen molar-refractivity contribution in [1.29, 1.82) is 0 Å². The largest absolute Gasteiger partial charge is 0.0636 e. The number of benzene rings is 25. The smallest absolute Gasteiger partial charge is 0.0622 e. The van der Waals surface area contributed by atoms with Gasteiger partial charge in [-0.05, 0) is 276 Å². The van der Waals surface area contributed by atoms with Gasteiger partial charge in [0, 0.05) is 0 Å². The highest BCUT2D eigenvalue weighted by Crippen LogP contribution is 2.53. The zero-order valence-corrected chi connectivity index (χ0v) is 62.0. The molecule has 0 heteroatoms. The SMILES string of the molecule is [2H]c1c([2H])c([2H])c(-c2c([2H])c([2H])c3c(-c4c([2H])c([2H])c([2H])c([2H])c4[2H])c4c([2H])c([2H])c([2H])c([2H])c4c(-c4c([2H])c5c([2H])c([2H])c([2H])c([2H])c5c5c([2H])c([2H])c([2H])c([2H])c45)c3c2[2H])c([2H])c1[2H].[2H]c1c([2H])c([2H])c(-c2c([2H])c([2H])c3c(-c4c([2H])c5c([2H])c([2H])c([2H])c([2H])c5c5c([2H])c([2H])c([2H])c([2H])c45)c4c([2H])c([2H])c([2H])c([2H])c4c(-c4c([2H])c([2H])c([2H])c([2H])c4[2H])c3c2[2H])c([2H])c1[2H].[2H]c1c([2H])c([2H])c(-c2c3c([2H])c([2H])c([2H])c([2H])c3c(-c3c([2H])c4c([2H])c([2H])c([2H])c([2H])c4c4c([2H])c([2H])c([2H])c([2H])c34)c3c([2H])c([2H])c(-c4c([2H])c([2H])c([2H])c5c([2H])c([2H])c([2H])c([2H])c45)c([2H])c23)c([2H])c1[2H]. The predicted molar refractivity (Wildman–Crippen MR) is 536 cm³/mol. The second kappa shape index (κ2) is 31.2. The number of hydrogen-bond acceptors (Lipinski definition) is 0. The van der Waals surface area contributed by atoms with Crippen LogP contribution in [-0.4, -0.2) is 0 Å². The fraction of sp³-hybridized carbons (Fsp3) is 0. The lowest BCUT2D eigenvalue weighted by Gasteiger charge is -2.20. The highest BCUT2D eigenvalue weighted by molar-refractivity contribution is 6.30. The minimum atomic E-state index is -1.13. The Labute approximate surface area is 832 Å². The summed E-state index contributed by atoms with van der Waals surface area (Å²) in [6.45, 7) is 0. The van der Waals surface area contributed by atoms with E-state index in [2.05, 4.69) is 0 Å². The zero-order valence-electron chi connectivity index (χ0n) is 142. The number of fused-ring (bicyclic) bond motifs is 16. The third kappa shape index (κ3) is 12.7. The maximum absolute atomic E-state index is 10.2. The van der Waals surface area contributed by atoms with Crippen LogP contribution in [0, 0.1) is 0 Å². The molecule has 124 heavy (non-hydrogen) atoms. The summed E-state index contributed by atoms with van der Waals surface area (Å²) in [5.41, 5.74) is -14.5. The van der Waals surface area contributed by atoms with Crippen LogP contribution in [0.5, 0.6) is 0 Å². The maximum atomic E-state index is 10.2. The first kappa shape index (κ1) is 28.0. The molecule has 0 saturated carbocycles. The van der Waals surface area contributed by atoms with E-state index in [4.69, 9.17) is 76.8 Å². The minimum Gasteiger partial charge on any atom is -0.0622 e. The highest BCUT2D eigenvalue weighted by Gasteiger charge is 2.25. The fourth-order valence-corrected chi connectivity index (χ4v) is 14.9. The molecule has 25 aromatic rings. The molecule has 0 aromatic heterocycles. The van der Waals surface area contributed by atoms with E-state index in [1.165, 1.54) is 0 Å². The van der Waals surface area contributed by atoms with E-state index in [0.717, 1.165) is 0 Å². The van der Waals surface area contributed by atoms with Gasteiger partial charge < -0.3 is 0 Å². The van der Waals surface area contributed by atoms with Crippen molar-refractivity contribution < 1.29 is 110 Å². The molecule has 0 saturated heterocycles. The van der Waals surface area contributed by atoms with Gasteiger partial charge in [0.15, 0.2) is 0 Å². The van der Waals surface area contributed by atoms with Gasteiger partial charge >= 0.3 is 0 Å². The van der Waals surface area contributed by atoms with Crippen LogP contribution in [0.25, 0.3) is 240 Å². The van der Waals surface area contributed by atoms with Crippen LogP contribution in [-0.2, 0) is 0 Å². The quantitative estimate of drug-likeness (QED) is 0.0998. The first-order valence-corrected chi connectivity index (χ1v) is 36.5. The molecule has 0 unspecified atom stereocenters. The first-order valence-electron chi connectivity index (χ1n) is 76.5. The molecule has 0 amide bonds. The summed E-state index contributed by atoms with van der Waals surface area (Å²) in [6.07, 6.45) is 0. The van der Waals surface area contributed by atoms with Gasteiger partial charge in [-0.3, -0.25) is 0 Å². The Kier molecular flexibility index (Phi) is 7.05. The van der Waals surface area contributed by atoms with Crippen molar-refractivity contribution in [3.8, 4) is 100 Å². The van der Waals surface area contributed by atoms with Crippen LogP contribution in [0.4, 0.5) is 0 Å². The summed E-state index contributed by atoms with van der Waals surface area (Å²) in [6, 6.07) is -77.1. The van der Waals surface area contributed by atoms with E-state index in [0.29, 0.717) is 0 Å². The summed E-state index contributed by atoms with van der Waals surface area (Å²) in [4.78, 5) is 0. The molecule has 0 heterocycles. The zero-order chi connectivity index (χ0) is 152. The van der Waals surface area contributed by atoms with Gasteiger partial charge in [-0.2, -0.15) is 0 Å². The summed E-state index contributed by atoms with van der Waals surface area (Å²) < 4.78 is 717. The average molecular weight is 1650 g/mol. The minimum absolute atomic E-state index is 0.556. The summed E-state index contributed by atoms with van der Waals surface area (Å²) in [5.74, 6) is 0. The summed E-state index contributed by atoms with van der Waals surface area (Å²) in [5, 5.41) is -18.5. The Bertz CT molecular complexity index is 13600. The molecule has 0 spiro atoms. The van der Waals surface area contributed by atoms with Gasteiger partial charge in [0.05, 0.1) is 110 Å². The average Bonchev–Trinajstić information content (AvgIpc) is 0.679. The van der Waals surface area contributed by atoms with Crippen LogP contribution in [0.3, 0.4) is 0 Å². The Balaban J connectivity index is 0.000000157. The number of rotatable bonds is 9. The van der Waals surface area contributed by atoms with Gasteiger partial charge in [0.25, 0.3) is 0 Å². The standard InChI is InChI=1S/C44H28.2C40H26/c1-2-14-30(15-3-1)43-38-22-10-11-23-39(38)44(41-27-31-16-5-7-19-35(31)36-20-8-9-21-37(36)41)40-26-25-32(28-42(40)43)34-24-12-17-29-13-4-6-18-33(29)34;1-3-13-27(14-4-1)29-23-24-36-38(25-29)39(28-15-5-2-6-16-28)34-21-11-12-22-35(34)40(36)37-26-30-17-7-8-18-31(30)32-19-9-10-20-33(32)37;1-3-13-27(14-4-1)29-23-24-36-38(25-29)40(35-22-12-11-21-34(35)39(36)28-15-5-2-6-16-28)37-26-30-17-7-8-18-31(30)32-19-9-10-20-33(32)37/h1-28H;2*1-26H/i1D,2D,3D,4D,5D,6D,7D,8D,9D,10D,11D,12D,13D,14D,15D,16D,17D,18D,19D,20D,21D,22D,23D,24D,25D,26D,27D,28D;2*1D,2D,3D,4D,5D,6D,7D,8D,9D,10D,11D,12D,13D,14D,15D,16D,17D,18D,19D,20D,21D,22D,23D,24D,25D,26D. The molecule has 0 N–H and O–H groups in total. The highest BCUT2D eigenvalue weighted by atomic mass is 14.3. The molecule has 0 aliphatic rings. The van der Waals surface area contributed by atoms with Gasteiger partial charge in [0.1, 0.15) is 0 Å². The second-order valence-corrected chi connectivity index (χ2v) is 26.5. The van der Waals surface area contributed by atoms with Crippen LogP contribution in [0.1, 0.15) is 110 Å². The van der Waals surface area contributed by atoms with E-state index in [1.54, 1.807) is 0 Å². The van der Waals surface area contributed by atoms with Crippen LogP contribution in [0.2, 0.25) is 0 Å². The monoisotopic (exact) mass is 1650 g/mol. The lowest BCUT2D eigenvalue weighted by molar-refractivity contribution is 1.63. The Hall–Kier alpha value is -16.1.